The number of amides is 2. The van der Waals surface area contributed by atoms with Crippen LogP contribution < -0.4 is 10.6 Å². The molecule has 2 heterocycles. The van der Waals surface area contributed by atoms with E-state index in [1.54, 1.807) is 0 Å². The summed E-state index contributed by atoms with van der Waals surface area (Å²) in [7, 11) is 0. The fourth-order valence-corrected chi connectivity index (χ4v) is 3.31. The second-order valence-electron chi connectivity index (χ2n) is 3.76. The molecule has 2 N–H and O–H groups in total. The Morgan fingerprint density at radius 2 is 2.43 bits per heavy atom. The van der Waals surface area contributed by atoms with Crippen LogP contribution in [0.1, 0.15) is 19.8 Å². The number of thioether (sulfide) groups is 1. The largest absolute Gasteiger partial charge is 0.332 e. The maximum Gasteiger partial charge on any atom is 0.315 e. The average Bonchev–Trinajstić information content (AvgIpc) is 2.66. The Kier molecular flexibility index (Phi) is 3.01. The molecule has 3 nitrogen and oxygen atoms in total. The first-order valence-corrected chi connectivity index (χ1v) is 6.21. The number of urea groups is 1. The van der Waals surface area contributed by atoms with Gasteiger partial charge in [-0.25, -0.2) is 4.79 Å². The first kappa shape index (κ1) is 9.90. The van der Waals surface area contributed by atoms with Gasteiger partial charge >= 0.3 is 6.03 Å². The molecule has 2 saturated heterocycles. The van der Waals surface area contributed by atoms with Gasteiger partial charge in [-0.1, -0.05) is 25.5 Å². The van der Waals surface area contributed by atoms with Crippen molar-refractivity contribution < 1.29 is 4.79 Å². The molecule has 0 aromatic carbocycles. The van der Waals surface area contributed by atoms with Crippen LogP contribution in [0.2, 0.25) is 0 Å². The number of allylic oxidation sites excluding steroid dienone is 1. The quantitative estimate of drug-likeness (QED) is 0.550. The molecule has 3 unspecified atom stereocenters. The summed E-state index contributed by atoms with van der Waals surface area (Å²) in [5.41, 5.74) is 0. The normalized spacial score (nSPS) is 35.8. The van der Waals surface area contributed by atoms with Crippen molar-refractivity contribution in [3.8, 4) is 0 Å². The summed E-state index contributed by atoms with van der Waals surface area (Å²) in [5.74, 6) is 1.03. The lowest BCUT2D eigenvalue weighted by Crippen LogP contribution is -2.35. The van der Waals surface area contributed by atoms with Gasteiger partial charge in [0, 0.05) is 11.0 Å². The van der Waals surface area contributed by atoms with Crippen LogP contribution in [0.3, 0.4) is 0 Å². The minimum Gasteiger partial charge on any atom is -0.332 e. The van der Waals surface area contributed by atoms with Crippen molar-refractivity contribution >= 4 is 17.8 Å². The van der Waals surface area contributed by atoms with Gasteiger partial charge in [0.2, 0.25) is 0 Å². The second kappa shape index (κ2) is 4.26. The summed E-state index contributed by atoms with van der Waals surface area (Å²) in [6, 6.07) is 0.638. The minimum atomic E-state index is -0.00538. The average molecular weight is 212 g/mol. The molecule has 0 saturated carbocycles. The number of fused-ring (bicyclic) bond motifs is 1. The maximum absolute atomic E-state index is 11.1. The summed E-state index contributed by atoms with van der Waals surface area (Å²) >= 11 is 1.92. The van der Waals surface area contributed by atoms with Crippen LogP contribution >= 0.6 is 11.8 Å². The number of unbranched alkanes of at least 4 members (excludes halogenated alkanes) is 1. The molecule has 0 aromatic heterocycles. The van der Waals surface area contributed by atoms with Gasteiger partial charge in [0.1, 0.15) is 0 Å². The Labute approximate surface area is 88.7 Å². The van der Waals surface area contributed by atoms with E-state index in [1.807, 2.05) is 11.8 Å². The zero-order valence-corrected chi connectivity index (χ0v) is 9.14. The van der Waals surface area contributed by atoms with E-state index in [2.05, 4.69) is 29.7 Å². The Balaban J connectivity index is 1.92. The standard InChI is InChI=1S/C10H16N2OS/c1-2-3-4-5-8-9-7(6-14-8)11-10(13)12-9/h4-5,7-9H,2-3,6H2,1H3,(H2,11,12,13)/b5-4+. The molecule has 3 atom stereocenters. The topological polar surface area (TPSA) is 41.1 Å². The molecule has 2 aliphatic rings. The summed E-state index contributed by atoms with van der Waals surface area (Å²) in [6.45, 7) is 2.17. The molecular weight excluding hydrogens is 196 g/mol. The maximum atomic E-state index is 11.1. The third-order valence-corrected chi connectivity index (χ3v) is 4.04. The first-order chi connectivity index (χ1) is 6.81. The molecule has 4 heteroatoms. The fraction of sp³-hybridized carbons (Fsp3) is 0.700. The number of carbonyl (C=O) groups excluding carboxylic acids is 1. The number of carbonyl (C=O) groups is 1. The molecule has 0 radical (unpaired) electrons. The zero-order valence-electron chi connectivity index (χ0n) is 8.32. The monoisotopic (exact) mass is 212 g/mol. The Morgan fingerprint density at radius 1 is 1.57 bits per heavy atom. The predicted octanol–water partition coefficient (Wildman–Crippen LogP) is 1.51. The van der Waals surface area contributed by atoms with E-state index >= 15 is 0 Å². The van der Waals surface area contributed by atoms with Crippen molar-refractivity contribution in [3.05, 3.63) is 12.2 Å². The van der Waals surface area contributed by atoms with Crippen molar-refractivity contribution in [2.75, 3.05) is 5.75 Å². The summed E-state index contributed by atoms with van der Waals surface area (Å²) in [5, 5.41) is 6.37. The van der Waals surface area contributed by atoms with Gasteiger partial charge in [-0.3, -0.25) is 0 Å². The second-order valence-corrected chi connectivity index (χ2v) is 4.98. The molecule has 14 heavy (non-hydrogen) atoms. The van der Waals surface area contributed by atoms with E-state index in [1.165, 1.54) is 6.42 Å². The third-order valence-electron chi connectivity index (χ3n) is 2.65. The van der Waals surface area contributed by atoms with Crippen LogP contribution in [-0.2, 0) is 0 Å². The number of rotatable bonds is 3. The molecule has 0 bridgehead atoms. The van der Waals surface area contributed by atoms with E-state index in [0.717, 1.165) is 12.2 Å². The highest BCUT2D eigenvalue weighted by molar-refractivity contribution is 8.00. The van der Waals surface area contributed by atoms with Gasteiger partial charge in [0.25, 0.3) is 0 Å². The highest BCUT2D eigenvalue weighted by Gasteiger charge is 2.41. The van der Waals surface area contributed by atoms with Gasteiger partial charge in [-0.2, -0.15) is 0 Å². The molecule has 2 amide bonds. The van der Waals surface area contributed by atoms with E-state index in [-0.39, 0.29) is 6.03 Å². The summed E-state index contributed by atoms with van der Waals surface area (Å²) in [6.07, 6.45) is 6.79. The van der Waals surface area contributed by atoms with Gasteiger partial charge in [-0.15, -0.1) is 11.8 Å². The van der Waals surface area contributed by atoms with E-state index in [4.69, 9.17) is 0 Å². The molecule has 0 aromatic rings. The van der Waals surface area contributed by atoms with E-state index in [9.17, 15) is 4.79 Å². The number of hydrogen-bond acceptors (Lipinski definition) is 2. The molecule has 2 rings (SSSR count). The summed E-state index contributed by atoms with van der Waals surface area (Å²) < 4.78 is 0. The fourth-order valence-electron chi connectivity index (χ4n) is 1.90. The van der Waals surface area contributed by atoms with E-state index in [0.29, 0.717) is 17.3 Å². The van der Waals surface area contributed by atoms with Crippen molar-refractivity contribution in [2.24, 2.45) is 0 Å². The zero-order chi connectivity index (χ0) is 9.97. The van der Waals surface area contributed by atoms with Crippen molar-refractivity contribution in [1.82, 2.24) is 10.6 Å². The number of nitrogens with one attached hydrogen (secondary N) is 2. The van der Waals surface area contributed by atoms with Gasteiger partial charge in [0.15, 0.2) is 0 Å². The van der Waals surface area contributed by atoms with Crippen molar-refractivity contribution in [1.29, 1.82) is 0 Å². The van der Waals surface area contributed by atoms with Crippen LogP contribution in [-0.4, -0.2) is 29.1 Å². The molecule has 2 fully saturated rings. The van der Waals surface area contributed by atoms with Gasteiger partial charge in [-0.05, 0) is 6.42 Å². The highest BCUT2D eigenvalue weighted by Crippen LogP contribution is 2.30. The predicted molar refractivity (Wildman–Crippen MR) is 59.5 cm³/mol. The lowest BCUT2D eigenvalue weighted by Gasteiger charge is -2.12. The Morgan fingerprint density at radius 3 is 3.21 bits per heavy atom. The van der Waals surface area contributed by atoms with E-state index < -0.39 is 0 Å². The molecule has 0 spiro atoms. The SMILES string of the molecule is CCC/C=C/C1SCC2NC(=O)NC21. The van der Waals surface area contributed by atoms with Crippen LogP contribution in [0.4, 0.5) is 4.79 Å². The van der Waals surface area contributed by atoms with Gasteiger partial charge in [0.05, 0.1) is 12.1 Å². The third kappa shape index (κ3) is 1.90. The summed E-state index contributed by atoms with van der Waals surface area (Å²) in [4.78, 5) is 11.1. The molecule has 0 aliphatic carbocycles. The van der Waals surface area contributed by atoms with Crippen molar-refractivity contribution in [2.45, 2.75) is 37.1 Å². The smallest absolute Gasteiger partial charge is 0.315 e. The van der Waals surface area contributed by atoms with Crippen molar-refractivity contribution in [3.63, 3.8) is 0 Å². The van der Waals surface area contributed by atoms with Crippen LogP contribution in [0.25, 0.3) is 0 Å². The molecule has 2 aliphatic heterocycles. The Hall–Kier alpha value is -0.640. The molecular formula is C10H16N2OS. The van der Waals surface area contributed by atoms with Crippen LogP contribution in [0.15, 0.2) is 12.2 Å². The number of hydrogen-bond donors (Lipinski definition) is 2. The van der Waals surface area contributed by atoms with Crippen LogP contribution in [0.5, 0.6) is 0 Å². The first-order valence-electron chi connectivity index (χ1n) is 5.16. The lowest BCUT2D eigenvalue weighted by atomic mass is 10.1. The van der Waals surface area contributed by atoms with Gasteiger partial charge < -0.3 is 10.6 Å². The van der Waals surface area contributed by atoms with Crippen LogP contribution in [0, 0.1) is 0 Å². The highest BCUT2D eigenvalue weighted by atomic mass is 32.2. The molecule has 78 valence electrons. The minimum absolute atomic E-state index is 0.00538. The lowest BCUT2D eigenvalue weighted by molar-refractivity contribution is 0.247. The Bertz CT molecular complexity index is 255.